The van der Waals surface area contributed by atoms with Crippen LogP contribution < -0.4 is 4.90 Å². The molecule has 0 bridgehead atoms. The maximum absolute atomic E-state index is 13.4. The van der Waals surface area contributed by atoms with Crippen LogP contribution in [0.5, 0.6) is 0 Å². The van der Waals surface area contributed by atoms with E-state index in [2.05, 4.69) is 19.8 Å². The number of pyridine rings is 1. The molecule has 0 amide bonds. The minimum Gasteiger partial charge on any atom is -0.462 e. The van der Waals surface area contributed by atoms with Gasteiger partial charge < -0.3 is 14.1 Å². The van der Waals surface area contributed by atoms with Crippen molar-refractivity contribution < 1.29 is 18.3 Å². The number of anilines is 1. The number of rotatable bonds is 6. The molecule has 7 nitrogen and oxygen atoms in total. The van der Waals surface area contributed by atoms with Gasteiger partial charge in [-0.25, -0.2) is 19.2 Å². The number of carbonyl (C=O) groups excluding carboxylic acids is 1. The molecule has 3 aromatic rings. The van der Waals surface area contributed by atoms with Crippen LogP contribution >= 0.6 is 0 Å². The first-order valence-corrected chi connectivity index (χ1v) is 9.93. The predicted molar refractivity (Wildman–Crippen MR) is 110 cm³/mol. The minimum atomic E-state index is -0.355. The largest absolute Gasteiger partial charge is 0.462 e. The number of halogens is 1. The van der Waals surface area contributed by atoms with Gasteiger partial charge in [0.15, 0.2) is 0 Å². The molecule has 30 heavy (non-hydrogen) atoms. The van der Waals surface area contributed by atoms with Crippen LogP contribution in [0.4, 0.5) is 10.2 Å². The third kappa shape index (κ3) is 4.65. The van der Waals surface area contributed by atoms with Crippen LogP contribution in [0.1, 0.15) is 23.0 Å². The number of oxazole rings is 1. The molecule has 0 unspecified atom stereocenters. The van der Waals surface area contributed by atoms with Crippen molar-refractivity contribution in [3.8, 4) is 11.5 Å². The van der Waals surface area contributed by atoms with Gasteiger partial charge in [-0.3, -0.25) is 4.90 Å². The lowest BCUT2D eigenvalue weighted by atomic mass is 10.2. The summed E-state index contributed by atoms with van der Waals surface area (Å²) in [4.78, 5) is 25.1. The summed E-state index contributed by atoms with van der Waals surface area (Å²) < 4.78 is 23.9. The Morgan fingerprint density at radius 3 is 2.73 bits per heavy atom. The van der Waals surface area contributed by atoms with Gasteiger partial charge in [0, 0.05) is 44.5 Å². The Kier molecular flexibility index (Phi) is 6.04. The number of nitrogens with zero attached hydrogens (tertiary/aromatic N) is 4. The quantitative estimate of drug-likeness (QED) is 0.577. The summed E-state index contributed by atoms with van der Waals surface area (Å²) in [5.74, 6) is 0.602. The SMILES string of the molecule is CCOC(=O)c1ccc(N2CCN(Cc3coc(-c4cccc(F)c4)n3)CC2)nc1. The highest BCUT2D eigenvalue weighted by Gasteiger charge is 2.20. The average Bonchev–Trinajstić information content (AvgIpc) is 3.23. The smallest absolute Gasteiger partial charge is 0.339 e. The molecule has 1 fully saturated rings. The molecule has 0 saturated carbocycles. The molecule has 0 N–H and O–H groups in total. The van der Waals surface area contributed by atoms with E-state index < -0.39 is 0 Å². The number of hydrogen-bond acceptors (Lipinski definition) is 7. The normalized spacial score (nSPS) is 14.7. The summed E-state index contributed by atoms with van der Waals surface area (Å²) in [6.45, 7) is 6.13. The van der Waals surface area contributed by atoms with Gasteiger partial charge >= 0.3 is 5.97 Å². The highest BCUT2D eigenvalue weighted by Crippen LogP contribution is 2.21. The van der Waals surface area contributed by atoms with Crippen LogP contribution in [0.3, 0.4) is 0 Å². The summed E-state index contributed by atoms with van der Waals surface area (Å²) in [5.41, 5.74) is 1.91. The fourth-order valence-corrected chi connectivity index (χ4v) is 3.41. The van der Waals surface area contributed by atoms with E-state index in [4.69, 9.17) is 9.15 Å². The molecule has 4 rings (SSSR count). The lowest BCUT2D eigenvalue weighted by Gasteiger charge is -2.35. The van der Waals surface area contributed by atoms with Crippen molar-refractivity contribution >= 4 is 11.8 Å². The van der Waals surface area contributed by atoms with Crippen molar-refractivity contribution in [2.24, 2.45) is 0 Å². The van der Waals surface area contributed by atoms with Gasteiger partial charge in [0.1, 0.15) is 17.9 Å². The fraction of sp³-hybridized carbons (Fsp3) is 0.318. The average molecular weight is 410 g/mol. The second-order valence-electron chi connectivity index (χ2n) is 7.04. The van der Waals surface area contributed by atoms with Crippen LogP contribution in [0.15, 0.2) is 53.3 Å². The van der Waals surface area contributed by atoms with Crippen molar-refractivity contribution in [3.63, 3.8) is 0 Å². The molecule has 1 aliphatic rings. The first-order valence-electron chi connectivity index (χ1n) is 9.93. The summed E-state index contributed by atoms with van der Waals surface area (Å²) in [6.07, 6.45) is 3.19. The Balaban J connectivity index is 1.31. The second-order valence-corrected chi connectivity index (χ2v) is 7.04. The summed E-state index contributed by atoms with van der Waals surface area (Å²) >= 11 is 0. The maximum Gasteiger partial charge on any atom is 0.339 e. The molecule has 156 valence electrons. The van der Waals surface area contributed by atoms with Crippen LogP contribution in [0.2, 0.25) is 0 Å². The Morgan fingerprint density at radius 1 is 1.20 bits per heavy atom. The van der Waals surface area contributed by atoms with Crippen molar-refractivity contribution in [2.75, 3.05) is 37.7 Å². The van der Waals surface area contributed by atoms with Crippen LogP contribution in [-0.2, 0) is 11.3 Å². The highest BCUT2D eigenvalue weighted by molar-refractivity contribution is 5.89. The Morgan fingerprint density at radius 2 is 2.03 bits per heavy atom. The first kappa shape index (κ1) is 20.0. The fourth-order valence-electron chi connectivity index (χ4n) is 3.41. The van der Waals surface area contributed by atoms with Gasteiger partial charge in [0.25, 0.3) is 0 Å². The summed E-state index contributed by atoms with van der Waals surface area (Å²) in [6, 6.07) is 9.82. The zero-order valence-corrected chi connectivity index (χ0v) is 16.8. The molecule has 0 atom stereocenters. The third-order valence-corrected chi connectivity index (χ3v) is 4.96. The van der Waals surface area contributed by atoms with Gasteiger partial charge in [-0.1, -0.05) is 6.07 Å². The van der Waals surface area contributed by atoms with E-state index in [9.17, 15) is 9.18 Å². The van der Waals surface area contributed by atoms with Gasteiger partial charge in [-0.2, -0.15) is 0 Å². The standard InChI is InChI=1S/C22H23FN4O3/c1-2-29-22(28)17-6-7-20(24-13-17)27-10-8-26(9-11-27)14-19-15-30-21(25-19)16-4-3-5-18(23)12-16/h3-7,12-13,15H,2,8-11,14H2,1H3. The summed E-state index contributed by atoms with van der Waals surface area (Å²) in [5, 5.41) is 0. The second kappa shape index (κ2) is 9.04. The number of carbonyl (C=O) groups is 1. The molecule has 1 saturated heterocycles. The van der Waals surface area contributed by atoms with E-state index in [1.165, 1.54) is 12.1 Å². The number of benzene rings is 1. The molecule has 0 spiro atoms. The molecule has 2 aromatic heterocycles. The highest BCUT2D eigenvalue weighted by atomic mass is 19.1. The lowest BCUT2D eigenvalue weighted by molar-refractivity contribution is 0.0526. The molecule has 1 aliphatic heterocycles. The molecule has 8 heteroatoms. The number of hydrogen-bond donors (Lipinski definition) is 0. The lowest BCUT2D eigenvalue weighted by Crippen LogP contribution is -2.46. The van der Waals surface area contributed by atoms with E-state index in [0.717, 1.165) is 37.7 Å². The Bertz CT molecular complexity index is 998. The van der Waals surface area contributed by atoms with Crippen molar-refractivity contribution in [1.82, 2.24) is 14.9 Å². The molecule has 0 radical (unpaired) electrons. The van der Waals surface area contributed by atoms with Crippen LogP contribution in [0.25, 0.3) is 11.5 Å². The topological polar surface area (TPSA) is 71.7 Å². The molecular weight excluding hydrogens is 387 g/mol. The van der Waals surface area contributed by atoms with E-state index >= 15 is 0 Å². The Labute approximate surface area is 174 Å². The maximum atomic E-state index is 13.4. The number of piperazine rings is 1. The summed E-state index contributed by atoms with van der Waals surface area (Å²) in [7, 11) is 0. The number of aromatic nitrogens is 2. The zero-order chi connectivity index (χ0) is 20.9. The van der Waals surface area contributed by atoms with E-state index in [0.29, 0.717) is 30.2 Å². The minimum absolute atomic E-state index is 0.313. The van der Waals surface area contributed by atoms with Crippen LogP contribution in [0, 0.1) is 5.82 Å². The number of ether oxygens (including phenoxy) is 1. The molecule has 3 heterocycles. The molecule has 0 aliphatic carbocycles. The van der Waals surface area contributed by atoms with E-state index in [1.54, 1.807) is 37.6 Å². The van der Waals surface area contributed by atoms with E-state index in [1.807, 2.05) is 6.07 Å². The third-order valence-electron chi connectivity index (χ3n) is 4.96. The van der Waals surface area contributed by atoms with E-state index in [-0.39, 0.29) is 11.8 Å². The Hall–Kier alpha value is -3.26. The molecule has 1 aromatic carbocycles. The predicted octanol–water partition coefficient (Wildman–Crippen LogP) is 3.37. The zero-order valence-electron chi connectivity index (χ0n) is 16.8. The van der Waals surface area contributed by atoms with Crippen molar-refractivity contribution in [2.45, 2.75) is 13.5 Å². The van der Waals surface area contributed by atoms with Crippen molar-refractivity contribution in [3.05, 3.63) is 65.9 Å². The van der Waals surface area contributed by atoms with Crippen molar-refractivity contribution in [1.29, 1.82) is 0 Å². The first-order chi connectivity index (χ1) is 14.6. The number of esters is 1. The van der Waals surface area contributed by atoms with Gasteiger partial charge in [-0.15, -0.1) is 0 Å². The van der Waals surface area contributed by atoms with Gasteiger partial charge in [0.2, 0.25) is 5.89 Å². The molecular formula is C22H23FN4O3. The van der Waals surface area contributed by atoms with Gasteiger partial charge in [-0.05, 0) is 37.3 Å². The monoisotopic (exact) mass is 410 g/mol. The van der Waals surface area contributed by atoms with Crippen LogP contribution in [-0.4, -0.2) is 53.6 Å². The van der Waals surface area contributed by atoms with Gasteiger partial charge in [0.05, 0.1) is 17.9 Å².